The van der Waals surface area contributed by atoms with Gasteiger partial charge in [0, 0.05) is 19.1 Å². The van der Waals surface area contributed by atoms with E-state index in [1.807, 2.05) is 0 Å². The van der Waals surface area contributed by atoms with E-state index in [1.165, 1.54) is 19.3 Å². The molecule has 20 heavy (non-hydrogen) atoms. The lowest BCUT2D eigenvalue weighted by atomic mass is 10.00. The molecule has 1 aromatic rings. The molecule has 0 saturated carbocycles. The molecular formula is C15H27N5. The summed E-state index contributed by atoms with van der Waals surface area (Å²) in [5.74, 6) is 1.69. The summed E-state index contributed by atoms with van der Waals surface area (Å²) in [4.78, 5) is 11.1. The number of hydrogen-bond donors (Lipinski definition) is 2. The van der Waals surface area contributed by atoms with Crippen LogP contribution in [0, 0.1) is 0 Å². The van der Waals surface area contributed by atoms with Crippen molar-refractivity contribution in [2.45, 2.75) is 58.4 Å². The fourth-order valence-electron chi connectivity index (χ4n) is 2.84. The number of nitrogens with one attached hydrogen (secondary N) is 1. The van der Waals surface area contributed by atoms with E-state index in [-0.39, 0.29) is 0 Å². The van der Waals surface area contributed by atoms with E-state index in [1.54, 1.807) is 6.33 Å². The monoisotopic (exact) mass is 277 g/mol. The number of aromatic nitrogens is 2. The second-order valence-electron chi connectivity index (χ2n) is 5.49. The molecule has 5 heteroatoms. The maximum absolute atomic E-state index is 6.28. The molecule has 1 atom stereocenters. The van der Waals surface area contributed by atoms with Gasteiger partial charge in [0.15, 0.2) is 11.6 Å². The van der Waals surface area contributed by atoms with Crippen molar-refractivity contribution < 1.29 is 0 Å². The van der Waals surface area contributed by atoms with Gasteiger partial charge in [0.2, 0.25) is 0 Å². The Bertz CT molecular complexity index is 421. The first-order valence-corrected chi connectivity index (χ1v) is 7.88. The van der Waals surface area contributed by atoms with Crippen LogP contribution in [0.3, 0.4) is 0 Å². The number of nitrogen functional groups attached to an aromatic ring is 1. The first-order valence-electron chi connectivity index (χ1n) is 7.88. The molecule has 1 fully saturated rings. The zero-order valence-electron chi connectivity index (χ0n) is 12.7. The average Bonchev–Trinajstić information content (AvgIpc) is 2.49. The third-order valence-electron chi connectivity index (χ3n) is 4.06. The summed E-state index contributed by atoms with van der Waals surface area (Å²) in [5.41, 5.74) is 6.98. The van der Waals surface area contributed by atoms with Crippen LogP contribution in [0.5, 0.6) is 0 Å². The molecular weight excluding hydrogens is 250 g/mol. The van der Waals surface area contributed by atoms with Crippen LogP contribution in [0.1, 0.15) is 52.4 Å². The van der Waals surface area contributed by atoms with Crippen LogP contribution in [-0.4, -0.2) is 29.1 Å². The summed E-state index contributed by atoms with van der Waals surface area (Å²) in [6.45, 7) is 6.37. The molecule has 0 aliphatic carbocycles. The van der Waals surface area contributed by atoms with Crippen molar-refractivity contribution in [3.05, 3.63) is 6.33 Å². The number of nitrogens with zero attached hydrogens (tertiary/aromatic N) is 3. The molecule has 0 radical (unpaired) electrons. The molecule has 1 aromatic heterocycles. The average molecular weight is 277 g/mol. The third kappa shape index (κ3) is 3.32. The lowest BCUT2D eigenvalue weighted by Crippen LogP contribution is -2.40. The normalized spacial score (nSPS) is 19.1. The summed E-state index contributed by atoms with van der Waals surface area (Å²) in [5, 5.41) is 3.32. The van der Waals surface area contributed by atoms with Crippen LogP contribution in [0.15, 0.2) is 6.33 Å². The molecule has 0 aromatic carbocycles. The number of hydrogen-bond acceptors (Lipinski definition) is 5. The van der Waals surface area contributed by atoms with Gasteiger partial charge >= 0.3 is 0 Å². The maximum atomic E-state index is 6.28. The second-order valence-corrected chi connectivity index (χ2v) is 5.49. The zero-order chi connectivity index (χ0) is 14.4. The molecule has 0 bridgehead atoms. The smallest absolute Gasteiger partial charge is 0.157 e. The Hall–Kier alpha value is -1.52. The van der Waals surface area contributed by atoms with Gasteiger partial charge in [-0.15, -0.1) is 0 Å². The van der Waals surface area contributed by atoms with Crippen LogP contribution in [0.25, 0.3) is 0 Å². The number of rotatable bonds is 6. The van der Waals surface area contributed by atoms with Gasteiger partial charge in [0.05, 0.1) is 0 Å². The van der Waals surface area contributed by atoms with Crippen molar-refractivity contribution in [3.63, 3.8) is 0 Å². The Morgan fingerprint density at radius 1 is 1.35 bits per heavy atom. The molecule has 5 nitrogen and oxygen atoms in total. The van der Waals surface area contributed by atoms with Gasteiger partial charge < -0.3 is 16.0 Å². The largest absolute Gasteiger partial charge is 0.393 e. The standard InChI is InChI=1S/C15H27N5/c1-3-5-9-17-14-13(16)15(19-11-18-14)20-10-7-6-8-12(20)4-2/h11-12H,3-10,16H2,1-2H3,(H,17,18,19). The molecule has 1 saturated heterocycles. The molecule has 0 spiro atoms. The molecule has 1 unspecified atom stereocenters. The Morgan fingerprint density at radius 3 is 2.95 bits per heavy atom. The lowest BCUT2D eigenvalue weighted by Gasteiger charge is -2.36. The van der Waals surface area contributed by atoms with Crippen LogP contribution in [-0.2, 0) is 0 Å². The fourth-order valence-corrected chi connectivity index (χ4v) is 2.84. The van der Waals surface area contributed by atoms with Crippen molar-refractivity contribution in [3.8, 4) is 0 Å². The van der Waals surface area contributed by atoms with E-state index in [9.17, 15) is 0 Å². The minimum atomic E-state index is 0.560. The zero-order valence-corrected chi connectivity index (χ0v) is 12.7. The molecule has 2 rings (SSSR count). The quantitative estimate of drug-likeness (QED) is 0.782. The van der Waals surface area contributed by atoms with Crippen LogP contribution in [0.2, 0.25) is 0 Å². The second kappa shape index (κ2) is 7.31. The molecule has 3 N–H and O–H groups in total. The van der Waals surface area contributed by atoms with Crippen molar-refractivity contribution in [1.29, 1.82) is 0 Å². The molecule has 0 amide bonds. The lowest BCUT2D eigenvalue weighted by molar-refractivity contribution is 0.447. The van der Waals surface area contributed by atoms with Gasteiger partial charge in [-0.2, -0.15) is 0 Å². The van der Waals surface area contributed by atoms with Crippen molar-refractivity contribution in [2.24, 2.45) is 0 Å². The van der Waals surface area contributed by atoms with Crippen LogP contribution < -0.4 is 16.0 Å². The highest BCUT2D eigenvalue weighted by molar-refractivity contribution is 5.75. The van der Waals surface area contributed by atoms with Gasteiger partial charge in [-0.25, -0.2) is 9.97 Å². The first-order chi connectivity index (χ1) is 9.77. The first kappa shape index (κ1) is 14.9. The van der Waals surface area contributed by atoms with Crippen molar-refractivity contribution >= 4 is 17.3 Å². The Kier molecular flexibility index (Phi) is 5.44. The summed E-state index contributed by atoms with van der Waals surface area (Å²) in [6.07, 6.45) is 8.82. The van der Waals surface area contributed by atoms with E-state index in [0.717, 1.165) is 44.0 Å². The highest BCUT2D eigenvalue weighted by Crippen LogP contribution is 2.31. The van der Waals surface area contributed by atoms with Gasteiger partial charge in [0.1, 0.15) is 12.0 Å². The van der Waals surface area contributed by atoms with Gasteiger partial charge in [-0.1, -0.05) is 20.3 Å². The molecule has 2 heterocycles. The van der Waals surface area contributed by atoms with Crippen molar-refractivity contribution in [2.75, 3.05) is 29.0 Å². The van der Waals surface area contributed by atoms with E-state index in [4.69, 9.17) is 5.73 Å². The highest BCUT2D eigenvalue weighted by atomic mass is 15.2. The topological polar surface area (TPSA) is 67.1 Å². The Labute approximate surface area is 122 Å². The molecule has 1 aliphatic rings. The number of anilines is 3. The summed E-state index contributed by atoms with van der Waals surface area (Å²) < 4.78 is 0. The minimum Gasteiger partial charge on any atom is -0.393 e. The van der Waals surface area contributed by atoms with Gasteiger partial charge in [-0.3, -0.25) is 0 Å². The van der Waals surface area contributed by atoms with Crippen LogP contribution in [0.4, 0.5) is 17.3 Å². The highest BCUT2D eigenvalue weighted by Gasteiger charge is 2.24. The number of nitrogens with two attached hydrogens (primary N) is 1. The Morgan fingerprint density at radius 2 is 2.20 bits per heavy atom. The van der Waals surface area contributed by atoms with E-state index in [2.05, 4.69) is 34.0 Å². The third-order valence-corrected chi connectivity index (χ3v) is 4.06. The molecule has 1 aliphatic heterocycles. The SMILES string of the molecule is CCCCNc1ncnc(N2CCCCC2CC)c1N. The number of piperidine rings is 1. The maximum Gasteiger partial charge on any atom is 0.157 e. The van der Waals surface area contributed by atoms with Crippen molar-refractivity contribution in [1.82, 2.24) is 9.97 Å². The van der Waals surface area contributed by atoms with E-state index < -0.39 is 0 Å². The summed E-state index contributed by atoms with van der Waals surface area (Å²) >= 11 is 0. The van der Waals surface area contributed by atoms with Gasteiger partial charge in [0.25, 0.3) is 0 Å². The van der Waals surface area contributed by atoms with Crippen LogP contribution >= 0.6 is 0 Å². The predicted octanol–water partition coefficient (Wildman–Crippen LogP) is 3.04. The Balaban J connectivity index is 2.16. The van der Waals surface area contributed by atoms with E-state index in [0.29, 0.717) is 11.7 Å². The van der Waals surface area contributed by atoms with Gasteiger partial charge in [-0.05, 0) is 32.1 Å². The summed E-state index contributed by atoms with van der Waals surface area (Å²) in [7, 11) is 0. The number of unbranched alkanes of at least 4 members (excludes halogenated alkanes) is 1. The molecule has 112 valence electrons. The van der Waals surface area contributed by atoms with E-state index >= 15 is 0 Å². The fraction of sp³-hybridized carbons (Fsp3) is 0.733. The summed E-state index contributed by atoms with van der Waals surface area (Å²) in [6, 6.07) is 0.560. The predicted molar refractivity (Wildman–Crippen MR) is 85.1 cm³/mol. The minimum absolute atomic E-state index is 0.560.